The Kier molecular flexibility index (Phi) is 46.6. The summed E-state index contributed by atoms with van der Waals surface area (Å²) in [6.07, 6.45) is 55.7. The first kappa shape index (κ1) is 56.3. The Morgan fingerprint density at radius 1 is 0.483 bits per heavy atom. The maximum atomic E-state index is 12.4. The minimum atomic E-state index is -0.673. The van der Waals surface area contributed by atoms with Gasteiger partial charge in [0, 0.05) is 12.8 Å². The molecule has 58 heavy (non-hydrogen) atoms. The summed E-state index contributed by atoms with van der Waals surface area (Å²) in [5.74, 6) is -0.0674. The molecule has 0 aromatic rings. The minimum absolute atomic E-state index is 0.0161. The lowest BCUT2D eigenvalue weighted by Crippen LogP contribution is -2.45. The van der Waals surface area contributed by atoms with Gasteiger partial charge in [-0.25, -0.2) is 0 Å². The van der Waals surface area contributed by atoms with Gasteiger partial charge in [-0.15, -0.1) is 0 Å². The topological polar surface area (TPSA) is 95.9 Å². The van der Waals surface area contributed by atoms with Crippen molar-refractivity contribution in [2.75, 3.05) is 13.2 Å². The summed E-state index contributed by atoms with van der Waals surface area (Å²) in [5.41, 5.74) is 0. The predicted octanol–water partition coefficient (Wildman–Crippen LogP) is 15.1. The fourth-order valence-corrected chi connectivity index (χ4v) is 7.79. The molecule has 0 aliphatic heterocycles. The lowest BCUT2D eigenvalue weighted by molar-refractivity contribution is -0.143. The number of amides is 1. The summed E-state index contributed by atoms with van der Waals surface area (Å²) in [4.78, 5) is 24.4. The van der Waals surface area contributed by atoms with Gasteiger partial charge in [0.1, 0.15) is 0 Å². The normalized spacial score (nSPS) is 12.8. The molecule has 0 spiro atoms. The summed E-state index contributed by atoms with van der Waals surface area (Å²) in [6, 6.07) is -0.552. The monoisotopic (exact) mass is 818 g/mol. The van der Waals surface area contributed by atoms with Gasteiger partial charge in [-0.2, -0.15) is 0 Å². The largest absolute Gasteiger partial charge is 0.466 e. The molecule has 0 heterocycles. The number of hydrogen-bond acceptors (Lipinski definition) is 5. The highest BCUT2D eigenvalue weighted by molar-refractivity contribution is 5.76. The van der Waals surface area contributed by atoms with Crippen molar-refractivity contribution < 1.29 is 24.5 Å². The first-order valence-electron chi connectivity index (χ1n) is 25.6. The molecule has 0 aromatic carbocycles. The molecule has 2 unspecified atom stereocenters. The highest BCUT2D eigenvalue weighted by atomic mass is 16.5. The average molecular weight is 818 g/mol. The Bertz CT molecular complexity index is 904. The number of allylic oxidation sites excluding steroid dienone is 4. The van der Waals surface area contributed by atoms with Crippen LogP contribution in [0.4, 0.5) is 0 Å². The molecule has 0 saturated carbocycles. The van der Waals surface area contributed by atoms with Gasteiger partial charge in [-0.05, 0) is 64.2 Å². The summed E-state index contributed by atoms with van der Waals surface area (Å²) in [6.45, 7) is 4.90. The van der Waals surface area contributed by atoms with Crippen LogP contribution in [0.15, 0.2) is 24.3 Å². The number of aliphatic hydroxyl groups is 2. The Hall–Kier alpha value is -1.66. The molecule has 0 radical (unpaired) electrons. The number of esters is 1. The summed E-state index contributed by atoms with van der Waals surface area (Å²) in [7, 11) is 0. The van der Waals surface area contributed by atoms with Gasteiger partial charge in [0.2, 0.25) is 5.91 Å². The van der Waals surface area contributed by atoms with Crippen molar-refractivity contribution in [3.8, 4) is 0 Å². The van der Waals surface area contributed by atoms with Crippen molar-refractivity contribution in [2.45, 2.75) is 283 Å². The van der Waals surface area contributed by atoms with E-state index >= 15 is 0 Å². The number of unbranched alkanes of at least 4 members (excludes halogenated alkanes) is 32. The lowest BCUT2D eigenvalue weighted by atomic mass is 10.0. The van der Waals surface area contributed by atoms with E-state index in [1.165, 1.54) is 154 Å². The van der Waals surface area contributed by atoms with E-state index in [0.717, 1.165) is 83.5 Å². The molecule has 0 rings (SSSR count). The number of hydrogen-bond donors (Lipinski definition) is 3. The van der Waals surface area contributed by atoms with E-state index in [-0.39, 0.29) is 18.5 Å². The van der Waals surface area contributed by atoms with Crippen LogP contribution in [0.1, 0.15) is 271 Å². The van der Waals surface area contributed by atoms with Crippen molar-refractivity contribution >= 4 is 11.9 Å². The summed E-state index contributed by atoms with van der Waals surface area (Å²) >= 11 is 0. The van der Waals surface area contributed by atoms with Gasteiger partial charge in [0.05, 0.1) is 25.4 Å². The molecule has 2 atom stereocenters. The van der Waals surface area contributed by atoms with Crippen LogP contribution in [0.3, 0.4) is 0 Å². The second-order valence-corrected chi connectivity index (χ2v) is 17.5. The maximum absolute atomic E-state index is 12.4. The number of nitrogens with one attached hydrogen (secondary N) is 1. The SMILES string of the molecule is CCCCCCCCCCCCCCCC(O)C(CO)NC(=O)CCCCCCCCC/C=C\C/C=C\CCCCCOC(=O)CCCCCCCCCCCCC. The maximum Gasteiger partial charge on any atom is 0.305 e. The summed E-state index contributed by atoms with van der Waals surface area (Å²) in [5, 5.41) is 23.2. The fourth-order valence-electron chi connectivity index (χ4n) is 7.79. The highest BCUT2D eigenvalue weighted by Gasteiger charge is 2.20. The van der Waals surface area contributed by atoms with Crippen molar-refractivity contribution in [1.29, 1.82) is 0 Å². The van der Waals surface area contributed by atoms with Crippen molar-refractivity contribution in [3.05, 3.63) is 24.3 Å². The van der Waals surface area contributed by atoms with Gasteiger partial charge in [-0.1, -0.05) is 218 Å². The molecule has 0 aliphatic rings. The third kappa shape index (κ3) is 43.9. The van der Waals surface area contributed by atoms with E-state index in [4.69, 9.17) is 4.74 Å². The van der Waals surface area contributed by atoms with Crippen LogP contribution in [0.5, 0.6) is 0 Å². The van der Waals surface area contributed by atoms with Crippen LogP contribution >= 0.6 is 0 Å². The minimum Gasteiger partial charge on any atom is -0.466 e. The molecular weight excluding hydrogens is 719 g/mol. The van der Waals surface area contributed by atoms with E-state index < -0.39 is 12.1 Å². The molecule has 0 bridgehead atoms. The molecule has 6 heteroatoms. The van der Waals surface area contributed by atoms with E-state index in [2.05, 4.69) is 43.5 Å². The molecule has 0 aliphatic carbocycles. The van der Waals surface area contributed by atoms with Gasteiger partial charge < -0.3 is 20.3 Å². The van der Waals surface area contributed by atoms with Gasteiger partial charge >= 0.3 is 5.97 Å². The molecule has 0 aromatic heterocycles. The highest BCUT2D eigenvalue weighted by Crippen LogP contribution is 2.16. The van der Waals surface area contributed by atoms with Crippen LogP contribution < -0.4 is 5.32 Å². The summed E-state index contributed by atoms with van der Waals surface area (Å²) < 4.78 is 5.43. The molecular formula is C52H99NO5. The molecule has 3 N–H and O–H groups in total. The third-order valence-electron chi connectivity index (χ3n) is 11.8. The smallest absolute Gasteiger partial charge is 0.305 e. The van der Waals surface area contributed by atoms with Crippen molar-refractivity contribution in [2.24, 2.45) is 0 Å². The Morgan fingerprint density at radius 3 is 1.31 bits per heavy atom. The van der Waals surface area contributed by atoms with Crippen LogP contribution in [0.2, 0.25) is 0 Å². The number of carbonyl (C=O) groups is 2. The van der Waals surface area contributed by atoms with Crippen LogP contribution in [0.25, 0.3) is 0 Å². The van der Waals surface area contributed by atoms with E-state index in [0.29, 0.717) is 25.9 Å². The quantitative estimate of drug-likeness (QED) is 0.0323. The Balaban J connectivity index is 3.51. The predicted molar refractivity (Wildman–Crippen MR) is 250 cm³/mol. The number of ether oxygens (including phenoxy) is 1. The zero-order valence-electron chi connectivity index (χ0n) is 38.8. The van der Waals surface area contributed by atoms with Crippen LogP contribution in [0, 0.1) is 0 Å². The number of carbonyl (C=O) groups excluding carboxylic acids is 2. The zero-order valence-corrected chi connectivity index (χ0v) is 38.8. The Labute approximate surface area is 361 Å². The first-order valence-corrected chi connectivity index (χ1v) is 25.6. The van der Waals surface area contributed by atoms with E-state index in [1.807, 2.05) is 0 Å². The first-order chi connectivity index (χ1) is 28.5. The molecule has 6 nitrogen and oxygen atoms in total. The molecule has 1 amide bonds. The van der Waals surface area contributed by atoms with Crippen molar-refractivity contribution in [3.63, 3.8) is 0 Å². The van der Waals surface area contributed by atoms with Crippen LogP contribution in [-0.2, 0) is 14.3 Å². The van der Waals surface area contributed by atoms with Gasteiger partial charge in [0.25, 0.3) is 0 Å². The number of aliphatic hydroxyl groups excluding tert-OH is 2. The van der Waals surface area contributed by atoms with Gasteiger partial charge in [0.15, 0.2) is 0 Å². The fraction of sp³-hybridized carbons (Fsp3) is 0.885. The standard InChI is InChI=1S/C52H99NO5/c1-3-5-7-9-11-13-15-21-25-28-32-36-40-44-50(55)49(48-54)53-51(56)45-41-37-33-29-26-22-19-17-16-18-20-23-27-31-35-39-43-47-58-52(57)46-42-38-34-30-24-14-12-10-8-6-4-2/h16,18,23,27,49-50,54-55H,3-15,17,19-22,24-26,28-48H2,1-2H3,(H,53,56)/b18-16-,27-23-. The van der Waals surface area contributed by atoms with Gasteiger partial charge in [-0.3, -0.25) is 9.59 Å². The Morgan fingerprint density at radius 2 is 0.862 bits per heavy atom. The number of rotatable bonds is 47. The van der Waals surface area contributed by atoms with Crippen LogP contribution in [-0.4, -0.2) is 47.4 Å². The lowest BCUT2D eigenvalue weighted by Gasteiger charge is -2.22. The zero-order chi connectivity index (χ0) is 42.3. The molecule has 0 fully saturated rings. The average Bonchev–Trinajstić information content (AvgIpc) is 3.22. The van der Waals surface area contributed by atoms with E-state index in [9.17, 15) is 19.8 Å². The second kappa shape index (κ2) is 48.0. The second-order valence-electron chi connectivity index (χ2n) is 17.5. The molecule has 0 saturated heterocycles. The van der Waals surface area contributed by atoms with E-state index in [1.54, 1.807) is 0 Å². The third-order valence-corrected chi connectivity index (χ3v) is 11.8. The molecule has 342 valence electrons. The van der Waals surface area contributed by atoms with Crippen molar-refractivity contribution in [1.82, 2.24) is 5.32 Å².